The summed E-state index contributed by atoms with van der Waals surface area (Å²) in [5.74, 6) is 0. The summed E-state index contributed by atoms with van der Waals surface area (Å²) in [6.45, 7) is 2.17. The first-order valence-electron chi connectivity index (χ1n) is 7.50. The highest BCUT2D eigenvalue weighted by Crippen LogP contribution is 2.26. The third-order valence-electron chi connectivity index (χ3n) is 4.28. The normalized spacial score (nSPS) is 25.3. The Morgan fingerprint density at radius 2 is 1.95 bits per heavy atom. The van der Waals surface area contributed by atoms with Gasteiger partial charge in [-0.3, -0.25) is 0 Å². The summed E-state index contributed by atoms with van der Waals surface area (Å²) in [5.41, 5.74) is 1.29. The Labute approximate surface area is 122 Å². The number of hydrogen-bond donors (Lipinski definition) is 1. The van der Waals surface area contributed by atoms with Gasteiger partial charge >= 0.3 is 0 Å². The molecule has 0 aromatic heterocycles. The summed E-state index contributed by atoms with van der Waals surface area (Å²) < 4.78 is 23.5. The molecule has 0 spiro atoms. The minimum absolute atomic E-state index is 0.165. The van der Waals surface area contributed by atoms with Crippen molar-refractivity contribution in [2.75, 3.05) is 6.26 Å². The lowest BCUT2D eigenvalue weighted by atomic mass is 9.93. The lowest BCUT2D eigenvalue weighted by Crippen LogP contribution is -2.40. The lowest BCUT2D eigenvalue weighted by Gasteiger charge is -2.32. The van der Waals surface area contributed by atoms with Crippen molar-refractivity contribution in [3.63, 3.8) is 0 Å². The van der Waals surface area contributed by atoms with E-state index in [1.807, 2.05) is 6.07 Å². The van der Waals surface area contributed by atoms with Crippen LogP contribution in [-0.4, -0.2) is 26.0 Å². The highest BCUT2D eigenvalue weighted by Gasteiger charge is 2.29. The van der Waals surface area contributed by atoms with Crippen LogP contribution >= 0.6 is 0 Å². The molecule has 3 unspecified atom stereocenters. The molecule has 0 bridgehead atoms. The zero-order valence-electron chi connectivity index (χ0n) is 12.4. The van der Waals surface area contributed by atoms with E-state index in [0.717, 1.165) is 32.1 Å². The third-order valence-corrected chi connectivity index (χ3v) is 5.92. The van der Waals surface area contributed by atoms with Crippen LogP contribution in [0.25, 0.3) is 0 Å². The first-order chi connectivity index (χ1) is 9.50. The second-order valence-electron chi connectivity index (χ2n) is 5.85. The van der Waals surface area contributed by atoms with Gasteiger partial charge in [-0.2, -0.15) is 0 Å². The average Bonchev–Trinajstić information content (AvgIpc) is 2.45. The maximum absolute atomic E-state index is 11.7. The van der Waals surface area contributed by atoms with Gasteiger partial charge in [0.15, 0.2) is 0 Å². The Balaban J connectivity index is 2.01. The molecule has 0 radical (unpaired) electrons. The molecule has 0 heterocycles. The maximum Gasteiger partial charge on any atom is 0.150 e. The highest BCUT2D eigenvalue weighted by molar-refractivity contribution is 7.91. The van der Waals surface area contributed by atoms with Gasteiger partial charge in [0.2, 0.25) is 0 Å². The van der Waals surface area contributed by atoms with Gasteiger partial charge in [-0.15, -0.1) is 0 Å². The third kappa shape index (κ3) is 4.06. The van der Waals surface area contributed by atoms with Crippen LogP contribution in [0.2, 0.25) is 0 Å². The average molecular weight is 295 g/mol. The van der Waals surface area contributed by atoms with Crippen molar-refractivity contribution in [2.24, 2.45) is 0 Å². The molecule has 1 aliphatic carbocycles. The van der Waals surface area contributed by atoms with Crippen LogP contribution in [0.3, 0.4) is 0 Å². The lowest BCUT2D eigenvalue weighted by molar-refractivity contribution is 0.334. The minimum Gasteiger partial charge on any atom is -0.307 e. The number of nitrogens with one attached hydrogen (secondary N) is 1. The number of sulfone groups is 1. The molecule has 1 aliphatic rings. The van der Waals surface area contributed by atoms with Gasteiger partial charge in [0, 0.05) is 18.3 Å². The topological polar surface area (TPSA) is 46.2 Å². The monoisotopic (exact) mass is 295 g/mol. The van der Waals surface area contributed by atoms with Crippen LogP contribution in [0.1, 0.15) is 50.6 Å². The van der Waals surface area contributed by atoms with E-state index in [-0.39, 0.29) is 5.25 Å². The minimum atomic E-state index is -2.91. The molecular formula is C16H25NO2S. The predicted octanol–water partition coefficient (Wildman–Crippen LogP) is 3.08. The van der Waals surface area contributed by atoms with Crippen LogP contribution in [0.5, 0.6) is 0 Å². The van der Waals surface area contributed by atoms with Gasteiger partial charge in [0.1, 0.15) is 9.84 Å². The van der Waals surface area contributed by atoms with E-state index in [0.29, 0.717) is 12.1 Å². The van der Waals surface area contributed by atoms with Crippen molar-refractivity contribution in [3.05, 3.63) is 35.9 Å². The molecule has 1 aromatic rings. The van der Waals surface area contributed by atoms with Crippen LogP contribution < -0.4 is 5.32 Å². The van der Waals surface area contributed by atoms with Gasteiger partial charge in [-0.05, 0) is 31.2 Å². The fourth-order valence-electron chi connectivity index (χ4n) is 3.10. The van der Waals surface area contributed by atoms with Crippen molar-refractivity contribution in [3.8, 4) is 0 Å². The van der Waals surface area contributed by atoms with E-state index in [4.69, 9.17) is 0 Å². The molecule has 3 atom stereocenters. The molecular weight excluding hydrogens is 270 g/mol. The molecule has 0 amide bonds. The highest BCUT2D eigenvalue weighted by atomic mass is 32.2. The summed E-state index contributed by atoms with van der Waals surface area (Å²) in [6.07, 6.45) is 6.04. The van der Waals surface area contributed by atoms with Gasteiger partial charge in [0.25, 0.3) is 0 Å². The standard InChI is InChI=1S/C16H25NO2S/c1-3-16(13-8-5-4-6-9-13)17-14-10-7-11-15(12-14)20(2,18)19/h4-6,8-9,14-17H,3,7,10-12H2,1-2H3. The molecule has 0 saturated heterocycles. The van der Waals surface area contributed by atoms with Gasteiger partial charge in [-0.25, -0.2) is 8.42 Å². The summed E-state index contributed by atoms with van der Waals surface area (Å²) in [5, 5.41) is 3.49. The zero-order chi connectivity index (χ0) is 14.6. The summed E-state index contributed by atoms with van der Waals surface area (Å²) >= 11 is 0. The Kier molecular flexibility index (Phi) is 5.22. The molecule has 2 rings (SSSR count). The molecule has 1 saturated carbocycles. The van der Waals surface area contributed by atoms with Crippen molar-refractivity contribution < 1.29 is 8.42 Å². The van der Waals surface area contributed by atoms with Gasteiger partial charge in [0.05, 0.1) is 5.25 Å². The fourth-order valence-corrected chi connectivity index (χ4v) is 4.28. The van der Waals surface area contributed by atoms with Crippen molar-refractivity contribution in [1.29, 1.82) is 0 Å². The van der Waals surface area contributed by atoms with Crippen molar-refractivity contribution in [2.45, 2.75) is 56.4 Å². The van der Waals surface area contributed by atoms with Crippen LogP contribution in [0, 0.1) is 0 Å². The first kappa shape index (κ1) is 15.5. The van der Waals surface area contributed by atoms with Crippen molar-refractivity contribution in [1.82, 2.24) is 5.32 Å². The predicted molar refractivity (Wildman–Crippen MR) is 83.5 cm³/mol. The second kappa shape index (κ2) is 6.72. The number of rotatable bonds is 5. The number of benzene rings is 1. The largest absolute Gasteiger partial charge is 0.307 e. The van der Waals surface area contributed by atoms with Crippen LogP contribution in [0.4, 0.5) is 0 Å². The molecule has 1 fully saturated rings. The Hall–Kier alpha value is -0.870. The van der Waals surface area contributed by atoms with E-state index in [9.17, 15) is 8.42 Å². The van der Waals surface area contributed by atoms with E-state index in [1.54, 1.807) is 0 Å². The SMILES string of the molecule is CCC(NC1CCCC(S(C)(=O)=O)C1)c1ccccc1. The number of hydrogen-bond acceptors (Lipinski definition) is 3. The van der Waals surface area contributed by atoms with E-state index < -0.39 is 9.84 Å². The summed E-state index contributed by atoms with van der Waals surface area (Å²) in [4.78, 5) is 0. The Morgan fingerprint density at radius 1 is 1.25 bits per heavy atom. The van der Waals surface area contributed by atoms with E-state index in [1.165, 1.54) is 11.8 Å². The fraction of sp³-hybridized carbons (Fsp3) is 0.625. The van der Waals surface area contributed by atoms with E-state index >= 15 is 0 Å². The summed E-state index contributed by atoms with van der Waals surface area (Å²) in [7, 11) is -2.91. The van der Waals surface area contributed by atoms with Gasteiger partial charge in [-0.1, -0.05) is 43.7 Å². The Bertz CT molecular complexity index is 513. The molecule has 1 N–H and O–H groups in total. The molecule has 4 heteroatoms. The molecule has 112 valence electrons. The van der Waals surface area contributed by atoms with Crippen molar-refractivity contribution >= 4 is 9.84 Å². The van der Waals surface area contributed by atoms with Crippen LogP contribution in [0.15, 0.2) is 30.3 Å². The zero-order valence-corrected chi connectivity index (χ0v) is 13.2. The van der Waals surface area contributed by atoms with Gasteiger partial charge < -0.3 is 5.32 Å². The summed E-state index contributed by atoms with van der Waals surface area (Å²) in [6, 6.07) is 11.0. The Morgan fingerprint density at radius 3 is 2.55 bits per heavy atom. The second-order valence-corrected chi connectivity index (χ2v) is 8.18. The quantitative estimate of drug-likeness (QED) is 0.908. The van der Waals surface area contributed by atoms with Crippen LogP contribution in [-0.2, 0) is 9.84 Å². The molecule has 3 nitrogen and oxygen atoms in total. The maximum atomic E-state index is 11.7. The molecule has 20 heavy (non-hydrogen) atoms. The molecule has 1 aromatic carbocycles. The molecule has 0 aliphatic heterocycles. The van der Waals surface area contributed by atoms with E-state index in [2.05, 4.69) is 36.5 Å². The first-order valence-corrected chi connectivity index (χ1v) is 9.46. The smallest absolute Gasteiger partial charge is 0.150 e.